The van der Waals surface area contributed by atoms with E-state index in [4.69, 9.17) is 27.5 Å². The molecule has 0 atom stereocenters. The van der Waals surface area contributed by atoms with Crippen molar-refractivity contribution in [1.82, 2.24) is 14.9 Å². The number of pyridine rings is 2. The Bertz CT molecular complexity index is 1570. The van der Waals surface area contributed by atoms with E-state index in [9.17, 15) is 4.79 Å². The highest BCUT2D eigenvalue weighted by molar-refractivity contribution is 6.32. The Morgan fingerprint density at radius 2 is 1.98 bits per heavy atom. The maximum atomic E-state index is 12.6. The van der Waals surface area contributed by atoms with E-state index in [0.29, 0.717) is 69.8 Å². The number of rotatable bonds is 11. The number of likely N-dealkylation sites (N-methyl/N-ethyl adjacent to an activating group) is 1. The molecule has 2 aromatic heterocycles. The fraction of sp³-hybridized carbons (Fsp3) is 0.194. The van der Waals surface area contributed by atoms with Crippen molar-refractivity contribution in [1.29, 1.82) is 0 Å². The third kappa shape index (κ3) is 7.29. The first-order chi connectivity index (χ1) is 19.4. The predicted octanol–water partition coefficient (Wildman–Crippen LogP) is 6.04. The molecule has 9 heteroatoms. The van der Waals surface area contributed by atoms with Gasteiger partial charge in [-0.05, 0) is 57.4 Å². The van der Waals surface area contributed by atoms with Crippen LogP contribution < -0.4 is 20.1 Å². The van der Waals surface area contributed by atoms with Crippen molar-refractivity contribution in [3.05, 3.63) is 89.4 Å². The second-order valence-electron chi connectivity index (χ2n) is 9.02. The van der Waals surface area contributed by atoms with Gasteiger partial charge in [0.05, 0.1) is 39.8 Å². The van der Waals surface area contributed by atoms with E-state index >= 15 is 0 Å². The number of nitrogens with one attached hydrogen (secondary N) is 2. The summed E-state index contributed by atoms with van der Waals surface area (Å²) in [5, 5.41) is 7.43. The van der Waals surface area contributed by atoms with E-state index in [1.165, 1.54) is 6.08 Å². The average molecular weight is 556 g/mol. The summed E-state index contributed by atoms with van der Waals surface area (Å²) in [6.07, 6.45) is 12.4. The van der Waals surface area contributed by atoms with Crippen molar-refractivity contribution in [2.75, 3.05) is 37.9 Å². The van der Waals surface area contributed by atoms with Gasteiger partial charge in [-0.25, -0.2) is 0 Å². The zero-order chi connectivity index (χ0) is 28.5. The molecule has 4 aromatic rings. The SMILES string of the molecule is C#Cc1cnc2cc(OCC)c(NC(=O)/C=C/CN(C)C)cc2c1Nc1ccc(OCc2ccccn2)c(Cl)c1. The van der Waals surface area contributed by atoms with Crippen LogP contribution in [-0.2, 0) is 11.4 Å². The van der Waals surface area contributed by atoms with Crippen LogP contribution in [-0.4, -0.2) is 48.0 Å². The van der Waals surface area contributed by atoms with E-state index in [-0.39, 0.29) is 5.91 Å². The average Bonchev–Trinajstić information content (AvgIpc) is 2.94. The monoisotopic (exact) mass is 555 g/mol. The Labute approximate surface area is 239 Å². The zero-order valence-corrected chi connectivity index (χ0v) is 23.3. The molecular formula is C31H30ClN5O3. The molecule has 0 fully saturated rings. The minimum atomic E-state index is -0.272. The molecule has 0 saturated carbocycles. The van der Waals surface area contributed by atoms with Crippen LogP contribution in [0.5, 0.6) is 11.5 Å². The first kappa shape index (κ1) is 28.4. The number of nitrogens with zero attached hydrogens (tertiary/aromatic N) is 3. The van der Waals surface area contributed by atoms with Gasteiger partial charge in [0.1, 0.15) is 18.1 Å². The molecule has 2 heterocycles. The van der Waals surface area contributed by atoms with Gasteiger partial charge in [-0.1, -0.05) is 29.7 Å². The van der Waals surface area contributed by atoms with Crippen LogP contribution in [0.3, 0.4) is 0 Å². The molecule has 40 heavy (non-hydrogen) atoms. The normalized spacial score (nSPS) is 11.0. The first-order valence-electron chi connectivity index (χ1n) is 12.7. The number of halogens is 1. The Balaban J connectivity index is 1.64. The molecule has 0 aliphatic rings. The van der Waals surface area contributed by atoms with E-state index in [1.807, 2.05) is 50.2 Å². The van der Waals surface area contributed by atoms with Crippen LogP contribution in [0.1, 0.15) is 18.2 Å². The van der Waals surface area contributed by atoms with Gasteiger partial charge >= 0.3 is 0 Å². The Hall–Kier alpha value is -4.58. The number of hydrogen-bond acceptors (Lipinski definition) is 7. The first-order valence-corrected chi connectivity index (χ1v) is 13.0. The van der Waals surface area contributed by atoms with Crippen molar-refractivity contribution in [3.63, 3.8) is 0 Å². The van der Waals surface area contributed by atoms with Gasteiger partial charge in [0.15, 0.2) is 0 Å². The molecule has 0 saturated heterocycles. The van der Waals surface area contributed by atoms with Gasteiger partial charge in [-0.15, -0.1) is 6.42 Å². The van der Waals surface area contributed by atoms with Gasteiger partial charge in [0.2, 0.25) is 5.91 Å². The lowest BCUT2D eigenvalue weighted by molar-refractivity contribution is -0.111. The standard InChI is InChI=1S/C31H30ClN5O3/c1-5-21-19-34-26-18-29(39-6-2)27(36-30(38)11-9-15-37(3)4)17-24(26)31(21)35-22-12-13-28(25(32)16-22)40-20-23-10-7-8-14-33-23/h1,7-14,16-19H,6,15,20H2,2-4H3,(H,34,35)(H,36,38)/b11-9+. The smallest absolute Gasteiger partial charge is 0.248 e. The van der Waals surface area contributed by atoms with Crippen molar-refractivity contribution in [2.24, 2.45) is 0 Å². The molecular weight excluding hydrogens is 526 g/mol. The van der Waals surface area contributed by atoms with Crippen LogP contribution in [0, 0.1) is 12.3 Å². The molecule has 0 unspecified atom stereocenters. The number of benzene rings is 2. The Morgan fingerprint density at radius 3 is 2.67 bits per heavy atom. The molecule has 1 amide bonds. The van der Waals surface area contributed by atoms with Gasteiger partial charge in [0, 0.05) is 42.2 Å². The number of carbonyl (C=O) groups is 1. The highest BCUT2D eigenvalue weighted by Crippen LogP contribution is 2.37. The molecule has 2 N–H and O–H groups in total. The lowest BCUT2D eigenvalue weighted by atomic mass is 10.1. The van der Waals surface area contributed by atoms with Crippen molar-refractivity contribution >= 4 is 45.5 Å². The quantitative estimate of drug-likeness (QED) is 0.172. The van der Waals surface area contributed by atoms with E-state index < -0.39 is 0 Å². The number of fused-ring (bicyclic) bond motifs is 1. The summed E-state index contributed by atoms with van der Waals surface area (Å²) in [7, 11) is 3.86. The van der Waals surface area contributed by atoms with Gasteiger partial charge < -0.3 is 25.0 Å². The van der Waals surface area contributed by atoms with Crippen LogP contribution in [0.2, 0.25) is 5.02 Å². The molecule has 0 aliphatic heterocycles. The molecule has 0 bridgehead atoms. The van der Waals surface area contributed by atoms with Gasteiger partial charge in [0.25, 0.3) is 0 Å². The second kappa shape index (κ2) is 13.5. The number of terminal acetylenes is 1. The number of hydrogen-bond donors (Lipinski definition) is 2. The Morgan fingerprint density at radius 1 is 1.12 bits per heavy atom. The largest absolute Gasteiger partial charge is 0.492 e. The van der Waals surface area contributed by atoms with Crippen LogP contribution in [0.15, 0.2) is 73.1 Å². The fourth-order valence-electron chi connectivity index (χ4n) is 3.86. The second-order valence-corrected chi connectivity index (χ2v) is 9.43. The highest BCUT2D eigenvalue weighted by Gasteiger charge is 2.15. The highest BCUT2D eigenvalue weighted by atomic mass is 35.5. The number of aromatic nitrogens is 2. The molecule has 204 valence electrons. The number of ether oxygens (including phenoxy) is 2. The maximum absolute atomic E-state index is 12.6. The summed E-state index contributed by atoms with van der Waals surface area (Å²) in [6.45, 7) is 3.24. The van der Waals surface area contributed by atoms with Gasteiger partial charge in [-0.2, -0.15) is 0 Å². The lowest BCUT2D eigenvalue weighted by Crippen LogP contribution is -2.13. The summed E-state index contributed by atoms with van der Waals surface area (Å²) < 4.78 is 11.6. The molecule has 4 rings (SSSR count). The van der Waals surface area contributed by atoms with E-state index in [1.54, 1.807) is 42.7 Å². The van der Waals surface area contributed by atoms with Gasteiger partial charge in [-0.3, -0.25) is 14.8 Å². The predicted molar refractivity (Wildman–Crippen MR) is 160 cm³/mol. The zero-order valence-electron chi connectivity index (χ0n) is 22.6. The number of carbonyl (C=O) groups excluding carboxylic acids is 1. The number of amides is 1. The summed E-state index contributed by atoms with van der Waals surface area (Å²) >= 11 is 6.54. The summed E-state index contributed by atoms with van der Waals surface area (Å²) in [5.74, 6) is 3.45. The molecule has 2 aromatic carbocycles. The van der Waals surface area contributed by atoms with E-state index in [2.05, 4.69) is 26.5 Å². The topological polar surface area (TPSA) is 88.6 Å². The van der Waals surface area contributed by atoms with Crippen LogP contribution >= 0.6 is 11.6 Å². The fourth-order valence-corrected chi connectivity index (χ4v) is 4.09. The van der Waals surface area contributed by atoms with Crippen molar-refractivity contribution in [2.45, 2.75) is 13.5 Å². The Kier molecular flexibility index (Phi) is 9.57. The minimum Gasteiger partial charge on any atom is -0.492 e. The lowest BCUT2D eigenvalue weighted by Gasteiger charge is -2.17. The minimum absolute atomic E-state index is 0.272. The van der Waals surface area contributed by atoms with Crippen molar-refractivity contribution in [3.8, 4) is 23.8 Å². The third-order valence-electron chi connectivity index (χ3n) is 5.73. The summed E-state index contributed by atoms with van der Waals surface area (Å²) in [6, 6.07) is 14.6. The maximum Gasteiger partial charge on any atom is 0.248 e. The molecule has 0 radical (unpaired) electrons. The number of anilines is 3. The van der Waals surface area contributed by atoms with E-state index in [0.717, 1.165) is 5.69 Å². The molecule has 8 nitrogen and oxygen atoms in total. The summed E-state index contributed by atoms with van der Waals surface area (Å²) in [4.78, 5) is 23.4. The third-order valence-corrected chi connectivity index (χ3v) is 6.02. The molecule has 0 aliphatic carbocycles. The van der Waals surface area contributed by atoms with Crippen LogP contribution in [0.25, 0.3) is 10.9 Å². The van der Waals surface area contributed by atoms with Crippen molar-refractivity contribution < 1.29 is 14.3 Å². The summed E-state index contributed by atoms with van der Waals surface area (Å²) in [5.41, 5.74) is 3.84. The van der Waals surface area contributed by atoms with Crippen LogP contribution in [0.4, 0.5) is 17.1 Å². The molecule has 0 spiro atoms.